The van der Waals surface area contributed by atoms with Crippen molar-refractivity contribution in [3.63, 3.8) is 0 Å². The minimum Gasteiger partial charge on any atom is -0.389 e. The Balaban J connectivity index is 2.02. The number of carbonyl (C=O) groups is 1. The normalized spacial score (nSPS) is 17.6. The first-order chi connectivity index (χ1) is 9.97. The summed E-state index contributed by atoms with van der Waals surface area (Å²) < 4.78 is 1.03. The zero-order chi connectivity index (χ0) is 15.4. The summed E-state index contributed by atoms with van der Waals surface area (Å²) in [6.45, 7) is 6.05. The first kappa shape index (κ1) is 16.3. The average molecular weight is 355 g/mol. The molecule has 1 aromatic rings. The lowest BCUT2D eigenvalue weighted by molar-refractivity contribution is -0.119. The number of benzene rings is 1. The van der Waals surface area contributed by atoms with Gasteiger partial charge in [0.05, 0.1) is 6.10 Å². The van der Waals surface area contributed by atoms with Gasteiger partial charge in [-0.15, -0.1) is 0 Å². The highest BCUT2D eigenvalue weighted by atomic mass is 79.9. The molecule has 0 aliphatic carbocycles. The molecule has 1 aromatic carbocycles. The Labute approximate surface area is 134 Å². The highest BCUT2D eigenvalue weighted by Gasteiger charge is 2.22. The van der Waals surface area contributed by atoms with Crippen molar-refractivity contribution < 1.29 is 9.90 Å². The molecule has 0 saturated carbocycles. The number of hydrogen-bond donors (Lipinski definition) is 2. The van der Waals surface area contributed by atoms with Crippen molar-refractivity contribution in [3.05, 3.63) is 28.2 Å². The standard InChI is InChI=1S/C16H23BrN2O2/c1-11(20)15-4-3-14(17)9-16(15)19-7-5-13(6-8-19)10-18-12(2)21/h3-4,9,11,13,20H,5-8,10H2,1-2H3,(H,18,21). The number of halogens is 1. The molecular weight excluding hydrogens is 332 g/mol. The summed E-state index contributed by atoms with van der Waals surface area (Å²) in [5, 5.41) is 12.8. The topological polar surface area (TPSA) is 52.6 Å². The molecule has 1 atom stereocenters. The van der Waals surface area contributed by atoms with Gasteiger partial charge >= 0.3 is 0 Å². The van der Waals surface area contributed by atoms with Gasteiger partial charge in [0.15, 0.2) is 0 Å². The van der Waals surface area contributed by atoms with Gasteiger partial charge in [-0.1, -0.05) is 22.0 Å². The number of amides is 1. The molecule has 0 bridgehead atoms. The number of anilines is 1. The molecule has 5 heteroatoms. The first-order valence-electron chi connectivity index (χ1n) is 7.44. The summed E-state index contributed by atoms with van der Waals surface area (Å²) >= 11 is 3.51. The van der Waals surface area contributed by atoms with E-state index >= 15 is 0 Å². The van der Waals surface area contributed by atoms with Crippen molar-refractivity contribution >= 4 is 27.5 Å². The van der Waals surface area contributed by atoms with Crippen LogP contribution in [0.3, 0.4) is 0 Å². The third-order valence-corrected chi connectivity index (χ3v) is 4.53. The van der Waals surface area contributed by atoms with E-state index in [-0.39, 0.29) is 5.91 Å². The van der Waals surface area contributed by atoms with Crippen molar-refractivity contribution in [2.75, 3.05) is 24.5 Å². The van der Waals surface area contributed by atoms with Crippen molar-refractivity contribution in [3.8, 4) is 0 Å². The zero-order valence-corrected chi connectivity index (χ0v) is 14.2. The van der Waals surface area contributed by atoms with E-state index in [0.717, 1.165) is 48.2 Å². The Morgan fingerprint density at radius 1 is 1.48 bits per heavy atom. The number of piperidine rings is 1. The maximum atomic E-state index is 11.0. The molecule has 0 aromatic heterocycles. The molecule has 0 radical (unpaired) electrons. The number of rotatable bonds is 4. The molecule has 116 valence electrons. The van der Waals surface area contributed by atoms with E-state index < -0.39 is 6.10 Å². The van der Waals surface area contributed by atoms with Crippen LogP contribution in [0.5, 0.6) is 0 Å². The van der Waals surface area contributed by atoms with Gasteiger partial charge in [-0.3, -0.25) is 4.79 Å². The van der Waals surface area contributed by atoms with E-state index in [2.05, 4.69) is 32.2 Å². The predicted molar refractivity (Wildman–Crippen MR) is 88.4 cm³/mol. The van der Waals surface area contributed by atoms with Gasteiger partial charge in [0.2, 0.25) is 5.91 Å². The van der Waals surface area contributed by atoms with Crippen LogP contribution in [0.4, 0.5) is 5.69 Å². The zero-order valence-electron chi connectivity index (χ0n) is 12.6. The maximum absolute atomic E-state index is 11.0. The molecule has 1 heterocycles. The van der Waals surface area contributed by atoms with Crippen molar-refractivity contribution in [2.24, 2.45) is 5.92 Å². The highest BCUT2D eigenvalue weighted by molar-refractivity contribution is 9.10. The molecule has 1 aliphatic rings. The average Bonchev–Trinajstić information content (AvgIpc) is 2.45. The summed E-state index contributed by atoms with van der Waals surface area (Å²) in [6, 6.07) is 6.03. The Bertz CT molecular complexity index is 497. The van der Waals surface area contributed by atoms with Crippen molar-refractivity contribution in [1.29, 1.82) is 0 Å². The summed E-state index contributed by atoms with van der Waals surface area (Å²) in [7, 11) is 0. The fraction of sp³-hybridized carbons (Fsp3) is 0.562. The minimum atomic E-state index is -0.467. The molecule has 0 spiro atoms. The molecular formula is C16H23BrN2O2. The van der Waals surface area contributed by atoms with E-state index in [1.54, 1.807) is 13.8 Å². The van der Waals surface area contributed by atoms with Crippen LogP contribution in [0, 0.1) is 5.92 Å². The molecule has 1 unspecified atom stereocenters. The number of hydrogen-bond acceptors (Lipinski definition) is 3. The number of aliphatic hydroxyl groups excluding tert-OH is 1. The van der Waals surface area contributed by atoms with E-state index in [1.807, 2.05) is 12.1 Å². The van der Waals surface area contributed by atoms with Crippen LogP contribution in [0.25, 0.3) is 0 Å². The lowest BCUT2D eigenvalue weighted by Crippen LogP contribution is -2.38. The van der Waals surface area contributed by atoms with Gasteiger partial charge in [-0.05, 0) is 37.8 Å². The quantitative estimate of drug-likeness (QED) is 0.873. The van der Waals surface area contributed by atoms with Crippen LogP contribution in [-0.4, -0.2) is 30.6 Å². The lowest BCUT2D eigenvalue weighted by Gasteiger charge is -2.35. The fourth-order valence-electron chi connectivity index (χ4n) is 2.81. The van der Waals surface area contributed by atoms with Gasteiger partial charge in [0, 0.05) is 42.3 Å². The second-order valence-electron chi connectivity index (χ2n) is 5.75. The Hall–Kier alpha value is -1.07. The second-order valence-corrected chi connectivity index (χ2v) is 6.66. The number of carbonyl (C=O) groups excluding carboxylic acids is 1. The van der Waals surface area contributed by atoms with Crippen LogP contribution in [0.2, 0.25) is 0 Å². The lowest BCUT2D eigenvalue weighted by atomic mass is 9.95. The number of nitrogens with one attached hydrogen (secondary N) is 1. The van der Waals surface area contributed by atoms with Crippen LogP contribution in [0.15, 0.2) is 22.7 Å². The monoisotopic (exact) mass is 354 g/mol. The second kappa shape index (κ2) is 7.27. The number of aliphatic hydroxyl groups is 1. The van der Waals surface area contributed by atoms with Gasteiger partial charge in [0.1, 0.15) is 0 Å². The molecule has 1 fully saturated rings. The molecule has 2 rings (SSSR count). The van der Waals surface area contributed by atoms with Crippen LogP contribution in [0.1, 0.15) is 38.4 Å². The molecule has 1 aliphatic heterocycles. The first-order valence-corrected chi connectivity index (χ1v) is 8.23. The largest absolute Gasteiger partial charge is 0.389 e. The van der Waals surface area contributed by atoms with Gasteiger partial charge in [0.25, 0.3) is 0 Å². The van der Waals surface area contributed by atoms with E-state index in [0.29, 0.717) is 5.92 Å². The number of nitrogens with zero attached hydrogens (tertiary/aromatic N) is 1. The molecule has 2 N–H and O–H groups in total. The summed E-state index contributed by atoms with van der Waals surface area (Å²) in [5.41, 5.74) is 2.08. The van der Waals surface area contributed by atoms with Gasteiger partial charge < -0.3 is 15.3 Å². The molecule has 1 amide bonds. The highest BCUT2D eigenvalue weighted by Crippen LogP contribution is 2.32. The molecule has 1 saturated heterocycles. The van der Waals surface area contributed by atoms with E-state index in [9.17, 15) is 9.90 Å². The Kier molecular flexibility index (Phi) is 5.65. The minimum absolute atomic E-state index is 0.0424. The third-order valence-electron chi connectivity index (χ3n) is 4.04. The van der Waals surface area contributed by atoms with Gasteiger partial charge in [-0.2, -0.15) is 0 Å². The Morgan fingerprint density at radius 3 is 2.71 bits per heavy atom. The fourth-order valence-corrected chi connectivity index (χ4v) is 3.16. The Morgan fingerprint density at radius 2 is 2.14 bits per heavy atom. The van der Waals surface area contributed by atoms with Crippen LogP contribution in [-0.2, 0) is 4.79 Å². The van der Waals surface area contributed by atoms with Crippen molar-refractivity contribution in [1.82, 2.24) is 5.32 Å². The smallest absolute Gasteiger partial charge is 0.216 e. The van der Waals surface area contributed by atoms with Crippen molar-refractivity contribution in [2.45, 2.75) is 32.8 Å². The van der Waals surface area contributed by atoms with Crippen LogP contribution >= 0.6 is 15.9 Å². The van der Waals surface area contributed by atoms with Gasteiger partial charge in [-0.25, -0.2) is 0 Å². The molecule has 21 heavy (non-hydrogen) atoms. The summed E-state index contributed by atoms with van der Waals surface area (Å²) in [4.78, 5) is 13.3. The predicted octanol–water partition coefficient (Wildman–Crippen LogP) is 2.85. The van der Waals surface area contributed by atoms with E-state index in [1.165, 1.54) is 0 Å². The SMILES string of the molecule is CC(=O)NCC1CCN(c2cc(Br)ccc2C(C)O)CC1. The molecule has 4 nitrogen and oxygen atoms in total. The third kappa shape index (κ3) is 4.45. The maximum Gasteiger partial charge on any atom is 0.216 e. The summed E-state index contributed by atoms with van der Waals surface area (Å²) in [6.07, 6.45) is 1.66. The van der Waals surface area contributed by atoms with Crippen LogP contribution < -0.4 is 10.2 Å². The van der Waals surface area contributed by atoms with E-state index in [4.69, 9.17) is 0 Å². The summed E-state index contributed by atoms with van der Waals surface area (Å²) in [5.74, 6) is 0.591.